The standard InChI is InChI=1S/C29H49N6O4P/c1-16(32-18-12-7-6-8-13-18)33-23-27(39)35(5)21(19-15-29(4,31)24(19)40-28(23,2)3)26(38)34-20(22(36)25(30)37)14-17-10-9-11-17/h17-21,23-24,32-33,40H,1,6-15,31H2,2-5H3,(H2,30,37)(H,34,38)/t19?,20?,21-,23?,24?,29?/m0/s1. The number of Topliss-reactive ketones (excluding diaryl/α,β-unsaturated/α-hetero) is 1. The molecule has 1 aliphatic heterocycles. The summed E-state index contributed by atoms with van der Waals surface area (Å²) in [6.45, 7) is 10.4. The minimum Gasteiger partial charge on any atom is -0.370 e. The van der Waals surface area contributed by atoms with E-state index in [2.05, 4.69) is 36.4 Å². The third-order valence-corrected chi connectivity index (χ3v) is 12.2. The monoisotopic (exact) mass is 576 g/mol. The fourth-order valence-electron chi connectivity index (χ4n) is 7.11. The topological polar surface area (TPSA) is 160 Å². The normalized spacial score (nSPS) is 33.8. The van der Waals surface area contributed by atoms with Gasteiger partial charge in [-0.3, -0.25) is 19.2 Å². The van der Waals surface area contributed by atoms with Crippen molar-refractivity contribution < 1.29 is 19.2 Å². The third-order valence-electron chi connectivity index (χ3n) is 9.72. The molecule has 0 aromatic carbocycles. The molecule has 40 heavy (non-hydrogen) atoms. The van der Waals surface area contributed by atoms with Crippen LogP contribution in [0.1, 0.15) is 85.0 Å². The van der Waals surface area contributed by atoms with E-state index in [4.69, 9.17) is 11.5 Å². The van der Waals surface area contributed by atoms with Crippen molar-refractivity contribution in [3.63, 3.8) is 0 Å². The Morgan fingerprint density at radius 3 is 2.27 bits per heavy atom. The Bertz CT molecular complexity index is 1020. The van der Waals surface area contributed by atoms with Crippen molar-refractivity contribution >= 4 is 32.1 Å². The van der Waals surface area contributed by atoms with Gasteiger partial charge in [-0.25, -0.2) is 0 Å². The van der Waals surface area contributed by atoms with E-state index in [0.717, 1.165) is 32.1 Å². The Morgan fingerprint density at radius 2 is 1.73 bits per heavy atom. The molecule has 3 aliphatic carbocycles. The van der Waals surface area contributed by atoms with E-state index in [-0.39, 0.29) is 23.4 Å². The number of rotatable bonds is 10. The Morgan fingerprint density at radius 1 is 1.07 bits per heavy atom. The maximum absolute atomic E-state index is 14.1. The SMILES string of the molecule is C=C(NC1CCCCC1)NC1C(=O)N(C)[C@H](C(=O)NC(CC2CCC2)C(=O)C(N)=O)C2CC(C)(N)C2PC1(C)C. The number of fused-ring (bicyclic) bond motifs is 1. The molecular formula is C29H49N6O4P. The number of likely N-dealkylation sites (N-methyl/N-ethyl adjacent to an activating group) is 1. The first-order valence-corrected chi connectivity index (χ1v) is 16.0. The fraction of sp³-hybridized carbons (Fsp3) is 0.793. The molecule has 0 bridgehead atoms. The first-order valence-electron chi connectivity index (χ1n) is 14.9. The van der Waals surface area contributed by atoms with Gasteiger partial charge in [-0.05, 0) is 44.4 Å². The summed E-state index contributed by atoms with van der Waals surface area (Å²) < 4.78 is 0. The molecule has 0 radical (unpaired) electrons. The Kier molecular flexibility index (Phi) is 9.20. The minimum absolute atomic E-state index is 0.00888. The summed E-state index contributed by atoms with van der Waals surface area (Å²) in [5.74, 6) is -1.74. The van der Waals surface area contributed by atoms with Gasteiger partial charge >= 0.3 is 0 Å². The van der Waals surface area contributed by atoms with Gasteiger partial charge in [0.2, 0.25) is 17.6 Å². The van der Waals surface area contributed by atoms with Crippen LogP contribution in [0.4, 0.5) is 0 Å². The molecule has 11 heteroatoms. The summed E-state index contributed by atoms with van der Waals surface area (Å²) in [4.78, 5) is 54.0. The van der Waals surface area contributed by atoms with Crippen molar-refractivity contribution in [1.29, 1.82) is 0 Å². The van der Waals surface area contributed by atoms with E-state index in [1.54, 1.807) is 7.05 Å². The number of carbonyl (C=O) groups is 4. The zero-order valence-electron chi connectivity index (χ0n) is 24.6. The molecule has 1 saturated heterocycles. The van der Waals surface area contributed by atoms with E-state index >= 15 is 0 Å². The van der Waals surface area contributed by atoms with Gasteiger partial charge in [0.05, 0.1) is 11.9 Å². The Hall–Kier alpha value is -2.19. The van der Waals surface area contributed by atoms with Gasteiger partial charge in [0.15, 0.2) is 0 Å². The number of hydrogen-bond donors (Lipinski definition) is 5. The van der Waals surface area contributed by atoms with Gasteiger partial charge in [-0.1, -0.05) is 59.0 Å². The number of hydrogen-bond acceptors (Lipinski definition) is 7. The molecule has 7 atom stereocenters. The second-order valence-corrected chi connectivity index (χ2v) is 15.7. The van der Waals surface area contributed by atoms with Gasteiger partial charge in [0.25, 0.3) is 5.91 Å². The zero-order valence-corrected chi connectivity index (χ0v) is 25.6. The van der Waals surface area contributed by atoms with Gasteiger partial charge < -0.3 is 32.3 Å². The van der Waals surface area contributed by atoms with Crippen molar-refractivity contribution in [3.05, 3.63) is 12.4 Å². The molecule has 4 rings (SSSR count). The lowest BCUT2D eigenvalue weighted by atomic mass is 9.65. The van der Waals surface area contributed by atoms with Crippen LogP contribution >= 0.6 is 8.58 Å². The average Bonchev–Trinajstić information content (AvgIpc) is 2.86. The molecule has 7 N–H and O–H groups in total. The van der Waals surface area contributed by atoms with E-state index in [1.807, 2.05) is 6.92 Å². The Balaban J connectivity index is 1.57. The maximum atomic E-state index is 14.1. The predicted molar refractivity (Wildman–Crippen MR) is 158 cm³/mol. The number of nitrogens with one attached hydrogen (secondary N) is 3. The molecule has 3 saturated carbocycles. The quantitative estimate of drug-likeness (QED) is 0.194. The van der Waals surface area contributed by atoms with Crippen molar-refractivity contribution in [1.82, 2.24) is 20.9 Å². The number of nitrogens with zero attached hydrogens (tertiary/aromatic N) is 1. The van der Waals surface area contributed by atoms with Crippen LogP contribution in [-0.4, -0.2) is 76.0 Å². The number of ketones is 1. The highest BCUT2D eigenvalue weighted by Crippen LogP contribution is 2.56. The fourth-order valence-corrected chi connectivity index (χ4v) is 9.24. The third kappa shape index (κ3) is 6.48. The molecule has 3 amide bonds. The van der Waals surface area contributed by atoms with Crippen LogP contribution < -0.4 is 27.4 Å². The zero-order chi connectivity index (χ0) is 29.4. The summed E-state index contributed by atoms with van der Waals surface area (Å²) >= 11 is 0. The first-order chi connectivity index (χ1) is 18.7. The second-order valence-electron chi connectivity index (χ2n) is 13.5. The van der Waals surface area contributed by atoms with Crippen LogP contribution in [0, 0.1) is 11.8 Å². The largest absolute Gasteiger partial charge is 0.370 e. The van der Waals surface area contributed by atoms with Crippen LogP contribution in [0.5, 0.6) is 0 Å². The first kappa shape index (κ1) is 30.8. The molecule has 1 heterocycles. The van der Waals surface area contributed by atoms with Gasteiger partial charge in [-0.2, -0.15) is 0 Å². The highest BCUT2D eigenvalue weighted by atomic mass is 31.1. The summed E-state index contributed by atoms with van der Waals surface area (Å²) in [6.07, 6.45) is 9.71. The molecule has 4 fully saturated rings. The maximum Gasteiger partial charge on any atom is 0.287 e. The number of carbonyl (C=O) groups excluding carboxylic acids is 4. The highest BCUT2D eigenvalue weighted by Gasteiger charge is 2.59. The van der Waals surface area contributed by atoms with Crippen molar-refractivity contribution in [2.45, 2.75) is 126 Å². The van der Waals surface area contributed by atoms with Crippen molar-refractivity contribution in [2.75, 3.05) is 7.05 Å². The van der Waals surface area contributed by atoms with Crippen LogP contribution in [-0.2, 0) is 19.2 Å². The predicted octanol–water partition coefficient (Wildman–Crippen LogP) is 1.47. The van der Waals surface area contributed by atoms with Crippen LogP contribution in [0.2, 0.25) is 0 Å². The smallest absolute Gasteiger partial charge is 0.287 e. The van der Waals surface area contributed by atoms with Crippen LogP contribution in [0.25, 0.3) is 0 Å². The lowest BCUT2D eigenvalue weighted by Crippen LogP contribution is -2.73. The molecule has 0 aromatic heterocycles. The van der Waals surface area contributed by atoms with E-state index in [9.17, 15) is 19.2 Å². The molecule has 0 aromatic rings. The minimum atomic E-state index is -1.06. The van der Waals surface area contributed by atoms with Crippen LogP contribution in [0.15, 0.2) is 12.4 Å². The summed E-state index contributed by atoms with van der Waals surface area (Å²) in [5.41, 5.74) is 11.6. The number of nitrogens with two attached hydrogens (primary N) is 2. The lowest BCUT2D eigenvalue weighted by molar-refractivity contribution is -0.147. The summed E-state index contributed by atoms with van der Waals surface area (Å²) in [5, 5.41) is 9.26. The number of amides is 3. The van der Waals surface area contributed by atoms with Gasteiger partial charge in [0.1, 0.15) is 12.1 Å². The summed E-state index contributed by atoms with van der Waals surface area (Å²) in [6, 6.07) is -2.09. The lowest BCUT2D eigenvalue weighted by Gasteiger charge is -2.59. The average molecular weight is 577 g/mol. The molecule has 4 aliphatic rings. The summed E-state index contributed by atoms with van der Waals surface area (Å²) in [7, 11) is 1.97. The molecule has 10 nitrogen and oxygen atoms in total. The second kappa shape index (κ2) is 12.0. The molecule has 0 spiro atoms. The number of primary amides is 1. The van der Waals surface area contributed by atoms with E-state index < -0.39 is 46.4 Å². The molecular weight excluding hydrogens is 527 g/mol. The van der Waals surface area contributed by atoms with E-state index in [0.29, 0.717) is 33.3 Å². The highest BCUT2D eigenvalue weighted by molar-refractivity contribution is 7.41. The van der Waals surface area contributed by atoms with Crippen LogP contribution in [0.3, 0.4) is 0 Å². The van der Waals surface area contributed by atoms with Gasteiger partial charge in [-0.15, -0.1) is 8.58 Å². The van der Waals surface area contributed by atoms with E-state index in [1.165, 1.54) is 24.2 Å². The Labute approximate surface area is 240 Å². The molecule has 6 unspecified atom stereocenters. The van der Waals surface area contributed by atoms with Gasteiger partial charge in [0, 0.05) is 29.4 Å². The molecule has 224 valence electrons. The van der Waals surface area contributed by atoms with Crippen molar-refractivity contribution in [3.8, 4) is 0 Å². The van der Waals surface area contributed by atoms with Crippen molar-refractivity contribution in [2.24, 2.45) is 23.3 Å².